The van der Waals surface area contributed by atoms with E-state index in [9.17, 15) is 10.1 Å². The number of fused-ring (bicyclic) bond motifs is 2. The minimum Gasteiger partial charge on any atom is -0.398 e. The zero-order valence-electron chi connectivity index (χ0n) is 15.0. The van der Waals surface area contributed by atoms with Gasteiger partial charge in [-0.15, -0.1) is 0 Å². The zero-order valence-corrected chi connectivity index (χ0v) is 15.0. The lowest BCUT2D eigenvalue weighted by molar-refractivity contribution is 0.470. The number of nitrogens with zero attached hydrogens (tertiary/aromatic N) is 1. The third kappa shape index (κ3) is 2.32. The minimum absolute atomic E-state index is 0.0839. The number of aromatic amines is 1. The fourth-order valence-electron chi connectivity index (χ4n) is 4.26. The van der Waals surface area contributed by atoms with E-state index in [0.717, 1.165) is 35.0 Å². The Morgan fingerprint density at radius 2 is 2.08 bits per heavy atom. The number of hydrogen-bond donors (Lipinski definition) is 2. The van der Waals surface area contributed by atoms with Crippen LogP contribution in [-0.2, 0) is 11.8 Å². The predicted molar refractivity (Wildman–Crippen MR) is 104 cm³/mol. The highest BCUT2D eigenvalue weighted by Gasteiger charge is 2.41. The van der Waals surface area contributed by atoms with E-state index in [1.54, 1.807) is 6.92 Å². The topological polar surface area (TPSA) is 82.7 Å². The quantitative estimate of drug-likeness (QED) is 0.692. The van der Waals surface area contributed by atoms with Crippen LogP contribution in [0.25, 0.3) is 10.9 Å². The van der Waals surface area contributed by atoms with Crippen molar-refractivity contribution in [3.63, 3.8) is 0 Å². The Hall–Kier alpha value is -3.06. The summed E-state index contributed by atoms with van der Waals surface area (Å²) in [6.07, 6.45) is 1.80. The molecule has 0 fully saturated rings. The number of aromatic nitrogens is 1. The summed E-state index contributed by atoms with van der Waals surface area (Å²) in [4.78, 5) is 14.9. The van der Waals surface area contributed by atoms with Gasteiger partial charge in [0.25, 0.3) is 5.56 Å². The van der Waals surface area contributed by atoms with E-state index >= 15 is 0 Å². The number of nitrogens with one attached hydrogen (secondary N) is 1. The maximum atomic E-state index is 12.0. The van der Waals surface area contributed by atoms with E-state index in [-0.39, 0.29) is 11.5 Å². The van der Waals surface area contributed by atoms with Gasteiger partial charge in [0.05, 0.1) is 11.5 Å². The Labute approximate surface area is 152 Å². The van der Waals surface area contributed by atoms with Crippen LogP contribution >= 0.6 is 0 Å². The average Bonchev–Trinajstić information content (AvgIpc) is 3.08. The molecule has 3 aromatic rings. The van der Waals surface area contributed by atoms with Gasteiger partial charge in [-0.05, 0) is 67.0 Å². The number of H-pyrrole nitrogens is 1. The molecule has 0 radical (unpaired) electrons. The summed E-state index contributed by atoms with van der Waals surface area (Å²) in [5.74, 6) is 0.0839. The Kier molecular flexibility index (Phi) is 3.62. The van der Waals surface area contributed by atoms with E-state index in [2.05, 4.69) is 17.1 Å². The number of hydrogen-bond acceptors (Lipinski definition) is 3. The number of aryl methyl sites for hydroxylation is 1. The molecule has 1 aliphatic carbocycles. The van der Waals surface area contributed by atoms with Gasteiger partial charge >= 0.3 is 0 Å². The standard InChI is InChI=1S/C22H21N3O/c1-13-10-14-6-7-15(11-20(14)25-21(13)26)22(2,12-23)18-9-8-17-16(18)4-3-5-19(17)24/h3-7,10-11,18H,8-9,24H2,1-2H3,(H,25,26). The largest absolute Gasteiger partial charge is 0.398 e. The molecule has 0 saturated carbocycles. The molecule has 4 heteroatoms. The van der Waals surface area contributed by atoms with Gasteiger partial charge in [-0.25, -0.2) is 0 Å². The molecule has 0 bridgehead atoms. The molecule has 26 heavy (non-hydrogen) atoms. The molecule has 1 aliphatic rings. The smallest absolute Gasteiger partial charge is 0.251 e. The molecule has 2 atom stereocenters. The van der Waals surface area contributed by atoms with E-state index in [1.807, 2.05) is 43.3 Å². The summed E-state index contributed by atoms with van der Waals surface area (Å²) in [6, 6.07) is 16.4. The van der Waals surface area contributed by atoms with Crippen molar-refractivity contribution in [1.82, 2.24) is 4.98 Å². The normalized spacial score (nSPS) is 18.3. The Morgan fingerprint density at radius 1 is 1.27 bits per heavy atom. The molecule has 1 heterocycles. The summed E-state index contributed by atoms with van der Waals surface area (Å²) in [5, 5.41) is 11.1. The summed E-state index contributed by atoms with van der Waals surface area (Å²) < 4.78 is 0. The van der Waals surface area contributed by atoms with Crippen LogP contribution in [0.5, 0.6) is 0 Å². The Bertz CT molecular complexity index is 1120. The fourth-order valence-corrected chi connectivity index (χ4v) is 4.26. The van der Waals surface area contributed by atoms with Crippen LogP contribution in [0.1, 0.15) is 41.5 Å². The van der Waals surface area contributed by atoms with Crippen molar-refractivity contribution in [2.45, 2.75) is 38.0 Å². The monoisotopic (exact) mass is 343 g/mol. The summed E-state index contributed by atoms with van der Waals surface area (Å²) in [6.45, 7) is 3.79. The number of benzene rings is 2. The second-order valence-electron chi connectivity index (χ2n) is 7.40. The van der Waals surface area contributed by atoms with Crippen LogP contribution in [-0.4, -0.2) is 4.98 Å². The molecule has 2 aromatic carbocycles. The van der Waals surface area contributed by atoms with Crippen LogP contribution in [0.15, 0.2) is 47.3 Å². The van der Waals surface area contributed by atoms with Crippen LogP contribution < -0.4 is 11.3 Å². The molecule has 1 aromatic heterocycles. The molecule has 0 spiro atoms. The summed E-state index contributed by atoms with van der Waals surface area (Å²) in [7, 11) is 0. The molecular formula is C22H21N3O. The Balaban J connectivity index is 1.87. The number of rotatable bonds is 2. The van der Waals surface area contributed by atoms with Crippen LogP contribution in [0.3, 0.4) is 0 Å². The minimum atomic E-state index is -0.686. The molecule has 2 unspecified atom stereocenters. The molecule has 4 nitrogen and oxygen atoms in total. The molecule has 130 valence electrons. The average molecular weight is 343 g/mol. The zero-order chi connectivity index (χ0) is 18.5. The lowest BCUT2D eigenvalue weighted by atomic mass is 9.70. The van der Waals surface area contributed by atoms with Crippen molar-refractivity contribution in [2.24, 2.45) is 0 Å². The van der Waals surface area contributed by atoms with Crippen molar-refractivity contribution in [3.8, 4) is 6.07 Å². The van der Waals surface area contributed by atoms with Crippen molar-refractivity contribution in [1.29, 1.82) is 5.26 Å². The van der Waals surface area contributed by atoms with Crippen molar-refractivity contribution in [2.75, 3.05) is 5.73 Å². The number of nitriles is 1. The second kappa shape index (κ2) is 5.74. The van der Waals surface area contributed by atoms with Gasteiger partial charge < -0.3 is 10.7 Å². The second-order valence-corrected chi connectivity index (χ2v) is 7.40. The van der Waals surface area contributed by atoms with E-state index in [1.165, 1.54) is 11.1 Å². The lowest BCUT2D eigenvalue weighted by Crippen LogP contribution is -2.27. The maximum Gasteiger partial charge on any atom is 0.251 e. The third-order valence-electron chi connectivity index (χ3n) is 5.87. The summed E-state index contributed by atoms with van der Waals surface area (Å²) >= 11 is 0. The number of nitrogen functional groups attached to an aromatic ring is 1. The van der Waals surface area contributed by atoms with Crippen molar-refractivity contribution < 1.29 is 0 Å². The molecular weight excluding hydrogens is 322 g/mol. The highest BCUT2D eigenvalue weighted by atomic mass is 16.1. The van der Waals surface area contributed by atoms with Gasteiger partial charge in [-0.2, -0.15) is 5.26 Å². The van der Waals surface area contributed by atoms with Crippen LogP contribution in [0.4, 0.5) is 5.69 Å². The highest BCUT2D eigenvalue weighted by molar-refractivity contribution is 5.80. The molecule has 0 aliphatic heterocycles. The maximum absolute atomic E-state index is 12.0. The Morgan fingerprint density at radius 3 is 2.85 bits per heavy atom. The van der Waals surface area contributed by atoms with E-state index in [0.29, 0.717) is 5.56 Å². The first-order chi connectivity index (χ1) is 12.4. The van der Waals surface area contributed by atoms with Gasteiger partial charge in [-0.1, -0.05) is 24.3 Å². The molecule has 0 saturated heterocycles. The molecule has 3 N–H and O–H groups in total. The summed E-state index contributed by atoms with van der Waals surface area (Å²) in [5.41, 5.74) is 10.9. The highest BCUT2D eigenvalue weighted by Crippen LogP contribution is 2.48. The van der Waals surface area contributed by atoms with Gasteiger partial charge in [0, 0.05) is 22.7 Å². The van der Waals surface area contributed by atoms with E-state index in [4.69, 9.17) is 5.73 Å². The first kappa shape index (κ1) is 16.4. The molecule has 4 rings (SSSR count). The number of anilines is 1. The van der Waals surface area contributed by atoms with Crippen LogP contribution in [0.2, 0.25) is 0 Å². The first-order valence-electron chi connectivity index (χ1n) is 8.86. The predicted octanol–water partition coefficient (Wildman–Crippen LogP) is 3.93. The van der Waals surface area contributed by atoms with E-state index < -0.39 is 5.41 Å². The van der Waals surface area contributed by atoms with Crippen molar-refractivity contribution in [3.05, 3.63) is 75.1 Å². The van der Waals surface area contributed by atoms with Crippen LogP contribution in [0, 0.1) is 18.3 Å². The lowest BCUT2D eigenvalue weighted by Gasteiger charge is -2.30. The van der Waals surface area contributed by atoms with Gasteiger partial charge in [0.15, 0.2) is 0 Å². The number of nitrogens with two attached hydrogens (primary N) is 1. The molecule has 0 amide bonds. The fraction of sp³-hybridized carbons (Fsp3) is 0.273. The first-order valence-corrected chi connectivity index (χ1v) is 8.86. The van der Waals surface area contributed by atoms with Gasteiger partial charge in [-0.3, -0.25) is 4.79 Å². The van der Waals surface area contributed by atoms with Gasteiger partial charge in [0.2, 0.25) is 0 Å². The van der Waals surface area contributed by atoms with Crippen molar-refractivity contribution >= 4 is 16.6 Å². The SMILES string of the molecule is Cc1cc2ccc(C(C)(C#N)C3CCc4c(N)cccc43)cc2[nH]c1=O. The van der Waals surface area contributed by atoms with Gasteiger partial charge in [0.1, 0.15) is 0 Å². The third-order valence-corrected chi connectivity index (χ3v) is 5.87. The number of pyridine rings is 1.